The SMILES string of the molecule is Cc1nc([C@@H]2OC3COC(c4ccccc4)O[C@@H]3C(N)C2O)n(-c2cc(Cl)cnc2C(F)(F)F)n1. The van der Waals surface area contributed by atoms with Gasteiger partial charge in [-0.05, 0) is 13.0 Å². The van der Waals surface area contributed by atoms with Crippen molar-refractivity contribution in [1.82, 2.24) is 19.7 Å². The molecule has 2 aromatic heterocycles. The summed E-state index contributed by atoms with van der Waals surface area (Å²) in [5.74, 6) is 0.0727. The molecule has 2 aliphatic heterocycles. The van der Waals surface area contributed by atoms with Crippen LogP contribution in [0.3, 0.4) is 0 Å². The van der Waals surface area contributed by atoms with Crippen molar-refractivity contribution < 1.29 is 32.5 Å². The summed E-state index contributed by atoms with van der Waals surface area (Å²) in [5.41, 5.74) is 5.45. The van der Waals surface area contributed by atoms with Crippen LogP contribution in [0.1, 0.15) is 35.3 Å². The Balaban J connectivity index is 1.47. The first-order valence-corrected chi connectivity index (χ1v) is 11.1. The fraction of sp³-hybridized carbons (Fsp3) is 0.409. The molecule has 35 heavy (non-hydrogen) atoms. The number of aromatic nitrogens is 4. The molecule has 0 spiro atoms. The van der Waals surface area contributed by atoms with E-state index in [1.807, 2.05) is 30.3 Å². The normalized spacial score (nSPS) is 29.1. The minimum Gasteiger partial charge on any atom is -0.388 e. The Hall–Kier alpha value is -2.61. The number of halogens is 4. The van der Waals surface area contributed by atoms with Gasteiger partial charge in [-0.3, -0.25) is 0 Å². The van der Waals surface area contributed by atoms with Gasteiger partial charge >= 0.3 is 6.18 Å². The third kappa shape index (κ3) is 4.53. The van der Waals surface area contributed by atoms with Gasteiger partial charge in [0, 0.05) is 11.8 Å². The van der Waals surface area contributed by atoms with Gasteiger partial charge in [-0.1, -0.05) is 41.9 Å². The van der Waals surface area contributed by atoms with E-state index >= 15 is 0 Å². The lowest BCUT2D eigenvalue weighted by atomic mass is 9.92. The van der Waals surface area contributed by atoms with Gasteiger partial charge in [-0.25, -0.2) is 14.6 Å². The maximum Gasteiger partial charge on any atom is 0.435 e. The fourth-order valence-electron chi connectivity index (χ4n) is 4.27. The highest BCUT2D eigenvalue weighted by molar-refractivity contribution is 6.30. The Morgan fingerprint density at radius 3 is 2.66 bits per heavy atom. The molecule has 0 radical (unpaired) electrons. The second kappa shape index (κ2) is 9.12. The topological polar surface area (TPSA) is 118 Å². The molecule has 0 bridgehead atoms. The molecule has 186 valence electrons. The van der Waals surface area contributed by atoms with E-state index in [-0.39, 0.29) is 23.3 Å². The van der Waals surface area contributed by atoms with Gasteiger partial charge in [0.15, 0.2) is 17.8 Å². The number of alkyl halides is 3. The van der Waals surface area contributed by atoms with Crippen LogP contribution in [-0.2, 0) is 20.4 Å². The number of nitrogens with zero attached hydrogens (tertiary/aromatic N) is 4. The van der Waals surface area contributed by atoms with Gasteiger partial charge in [0.25, 0.3) is 0 Å². The number of aliphatic hydroxyl groups excluding tert-OH is 1. The Morgan fingerprint density at radius 1 is 1.20 bits per heavy atom. The van der Waals surface area contributed by atoms with Crippen molar-refractivity contribution in [3.8, 4) is 5.69 Å². The number of rotatable bonds is 3. The summed E-state index contributed by atoms with van der Waals surface area (Å²) in [6, 6.07) is 9.33. The molecule has 3 aromatic rings. The third-order valence-corrected chi connectivity index (χ3v) is 6.07. The predicted octanol–water partition coefficient (Wildman–Crippen LogP) is 2.89. The van der Waals surface area contributed by atoms with E-state index in [4.69, 9.17) is 31.5 Å². The van der Waals surface area contributed by atoms with Crippen LogP contribution in [-0.4, -0.2) is 55.8 Å². The molecule has 9 nitrogen and oxygen atoms in total. The van der Waals surface area contributed by atoms with Gasteiger partial charge in [-0.2, -0.15) is 18.3 Å². The minimum absolute atomic E-state index is 0.0324. The largest absolute Gasteiger partial charge is 0.435 e. The zero-order valence-corrected chi connectivity index (χ0v) is 19.0. The molecule has 6 atom stereocenters. The van der Waals surface area contributed by atoms with Crippen molar-refractivity contribution in [2.45, 2.75) is 49.8 Å². The molecule has 4 heterocycles. The molecule has 2 fully saturated rings. The molecule has 0 aliphatic carbocycles. The molecular formula is C22H21ClF3N5O4. The van der Waals surface area contributed by atoms with Crippen LogP contribution in [0.25, 0.3) is 5.69 Å². The number of hydrogen-bond acceptors (Lipinski definition) is 8. The molecule has 2 aliphatic rings. The first-order chi connectivity index (χ1) is 16.6. The summed E-state index contributed by atoms with van der Waals surface area (Å²) in [4.78, 5) is 7.68. The number of nitrogens with two attached hydrogens (primary N) is 1. The van der Waals surface area contributed by atoms with Crippen molar-refractivity contribution >= 4 is 11.6 Å². The maximum absolute atomic E-state index is 13.7. The first kappa shape index (κ1) is 24.1. The van der Waals surface area contributed by atoms with E-state index in [9.17, 15) is 18.3 Å². The molecule has 5 rings (SSSR count). The van der Waals surface area contributed by atoms with Gasteiger partial charge in [0.05, 0.1) is 23.4 Å². The van der Waals surface area contributed by atoms with Crippen LogP contribution in [0, 0.1) is 6.92 Å². The van der Waals surface area contributed by atoms with Crippen LogP contribution in [0.5, 0.6) is 0 Å². The highest BCUT2D eigenvalue weighted by Crippen LogP contribution is 2.40. The van der Waals surface area contributed by atoms with E-state index in [0.717, 1.165) is 22.5 Å². The molecule has 13 heteroatoms. The number of ether oxygens (including phenoxy) is 3. The Morgan fingerprint density at radius 2 is 1.94 bits per heavy atom. The molecule has 0 saturated carbocycles. The zero-order chi connectivity index (χ0) is 24.9. The molecule has 2 saturated heterocycles. The molecule has 4 unspecified atom stereocenters. The number of aryl methyl sites for hydroxylation is 1. The summed E-state index contributed by atoms with van der Waals surface area (Å²) < 4.78 is 59.8. The van der Waals surface area contributed by atoms with E-state index < -0.39 is 54.3 Å². The Labute approximate surface area is 202 Å². The summed E-state index contributed by atoms with van der Waals surface area (Å²) in [6.07, 6.45) is -8.61. The summed E-state index contributed by atoms with van der Waals surface area (Å²) in [7, 11) is 0. The van der Waals surface area contributed by atoms with E-state index in [0.29, 0.717) is 0 Å². The third-order valence-electron chi connectivity index (χ3n) is 5.86. The lowest BCUT2D eigenvalue weighted by Crippen LogP contribution is -2.62. The molecule has 1 aromatic carbocycles. The summed E-state index contributed by atoms with van der Waals surface area (Å²) >= 11 is 5.94. The van der Waals surface area contributed by atoms with Crippen LogP contribution in [0.15, 0.2) is 42.6 Å². The van der Waals surface area contributed by atoms with Gasteiger partial charge in [0.1, 0.15) is 30.2 Å². The van der Waals surface area contributed by atoms with Crippen molar-refractivity contribution in [3.05, 3.63) is 70.5 Å². The van der Waals surface area contributed by atoms with E-state index in [1.54, 1.807) is 0 Å². The number of hydrogen-bond donors (Lipinski definition) is 2. The van der Waals surface area contributed by atoms with Crippen LogP contribution in [0.4, 0.5) is 13.2 Å². The van der Waals surface area contributed by atoms with Crippen molar-refractivity contribution in [2.24, 2.45) is 5.73 Å². The molecule has 3 N–H and O–H groups in total. The summed E-state index contributed by atoms with van der Waals surface area (Å²) in [5, 5.41) is 15.1. The average Bonchev–Trinajstić information content (AvgIpc) is 3.22. The Bertz CT molecular complexity index is 1210. The quantitative estimate of drug-likeness (QED) is 0.551. The molecular weight excluding hydrogens is 491 g/mol. The summed E-state index contributed by atoms with van der Waals surface area (Å²) in [6.45, 7) is 1.58. The number of benzene rings is 1. The minimum atomic E-state index is -4.79. The van der Waals surface area contributed by atoms with Crippen LogP contribution >= 0.6 is 11.6 Å². The zero-order valence-electron chi connectivity index (χ0n) is 18.3. The van der Waals surface area contributed by atoms with Crippen LogP contribution < -0.4 is 5.73 Å². The van der Waals surface area contributed by atoms with Gasteiger partial charge < -0.3 is 25.1 Å². The highest BCUT2D eigenvalue weighted by atomic mass is 35.5. The highest BCUT2D eigenvalue weighted by Gasteiger charge is 2.50. The number of pyridine rings is 1. The van der Waals surface area contributed by atoms with Crippen molar-refractivity contribution in [2.75, 3.05) is 6.61 Å². The predicted molar refractivity (Wildman–Crippen MR) is 116 cm³/mol. The number of fused-ring (bicyclic) bond motifs is 1. The molecule has 0 amide bonds. The second-order valence-electron chi connectivity index (χ2n) is 8.29. The lowest BCUT2D eigenvalue weighted by molar-refractivity contribution is -0.309. The monoisotopic (exact) mass is 511 g/mol. The van der Waals surface area contributed by atoms with Gasteiger partial charge in [0.2, 0.25) is 0 Å². The lowest BCUT2D eigenvalue weighted by Gasteiger charge is -2.46. The van der Waals surface area contributed by atoms with E-state index in [2.05, 4.69) is 15.1 Å². The maximum atomic E-state index is 13.7. The standard InChI is InChI=1S/C22H21ClF3N5O4/c1-10-29-20(31(30-10)13-7-12(23)8-28-19(13)22(24,25)26)18-16(32)15(27)17-14(34-18)9-33-21(35-17)11-5-3-2-4-6-11/h2-8,14-18,21,32H,9,27H2,1H3/t14?,15?,16?,17-,18+,21?/m0/s1. The van der Waals surface area contributed by atoms with Gasteiger partial charge in [-0.15, -0.1) is 0 Å². The Kier molecular flexibility index (Phi) is 6.28. The average molecular weight is 512 g/mol. The number of aliphatic hydroxyl groups is 1. The fourth-order valence-corrected chi connectivity index (χ4v) is 4.42. The van der Waals surface area contributed by atoms with Crippen molar-refractivity contribution in [3.63, 3.8) is 0 Å². The van der Waals surface area contributed by atoms with Crippen LogP contribution in [0.2, 0.25) is 5.02 Å². The van der Waals surface area contributed by atoms with E-state index in [1.165, 1.54) is 6.92 Å². The van der Waals surface area contributed by atoms with Crippen molar-refractivity contribution in [1.29, 1.82) is 0 Å². The smallest absolute Gasteiger partial charge is 0.388 e. The first-order valence-electron chi connectivity index (χ1n) is 10.7. The second-order valence-corrected chi connectivity index (χ2v) is 8.72.